The minimum Gasteiger partial charge on any atom is -0.489 e. The predicted octanol–water partition coefficient (Wildman–Crippen LogP) is 3.19. The van der Waals surface area contributed by atoms with Crippen LogP contribution in [0.5, 0.6) is 5.75 Å². The van der Waals surface area contributed by atoms with Crippen LogP contribution in [0.1, 0.15) is 12.0 Å². The van der Waals surface area contributed by atoms with Gasteiger partial charge in [-0.2, -0.15) is 5.10 Å². The molecule has 118 valence electrons. The van der Waals surface area contributed by atoms with E-state index in [2.05, 4.69) is 37.6 Å². The van der Waals surface area contributed by atoms with E-state index in [0.29, 0.717) is 0 Å². The number of rotatable bonds is 5. The molecule has 0 spiro atoms. The molecule has 1 fully saturated rings. The Hall–Kier alpha value is -2.18. The van der Waals surface area contributed by atoms with Crippen molar-refractivity contribution in [2.45, 2.75) is 19.1 Å². The lowest BCUT2D eigenvalue weighted by atomic mass is 10.2. The molecular weight excluding hydrogens is 308 g/mol. The highest BCUT2D eigenvalue weighted by molar-refractivity contribution is 7.13. The van der Waals surface area contributed by atoms with E-state index >= 15 is 0 Å². The molecule has 23 heavy (non-hydrogen) atoms. The third-order valence-corrected chi connectivity index (χ3v) is 4.95. The molecule has 5 nitrogen and oxygen atoms in total. The molecule has 0 unspecified atom stereocenters. The van der Waals surface area contributed by atoms with Gasteiger partial charge in [-0.1, -0.05) is 6.07 Å². The van der Waals surface area contributed by atoms with Gasteiger partial charge in [-0.25, -0.2) is 0 Å². The van der Waals surface area contributed by atoms with E-state index in [1.54, 1.807) is 23.7 Å². The molecule has 0 amide bonds. The van der Waals surface area contributed by atoms with Crippen LogP contribution in [0.2, 0.25) is 0 Å². The number of ether oxygens (including phenoxy) is 1. The predicted molar refractivity (Wildman–Crippen MR) is 90.4 cm³/mol. The maximum Gasteiger partial charge on any atom is 0.122 e. The number of likely N-dealkylation sites (tertiary alicyclic amines) is 1. The minimum absolute atomic E-state index is 0.245. The van der Waals surface area contributed by atoms with Crippen molar-refractivity contribution in [2.24, 2.45) is 0 Å². The molecule has 0 saturated carbocycles. The van der Waals surface area contributed by atoms with Crippen LogP contribution in [0.3, 0.4) is 0 Å². The monoisotopic (exact) mass is 326 g/mol. The van der Waals surface area contributed by atoms with Crippen LogP contribution in [-0.2, 0) is 6.54 Å². The van der Waals surface area contributed by atoms with E-state index in [-0.39, 0.29) is 6.10 Å². The van der Waals surface area contributed by atoms with E-state index in [4.69, 9.17) is 4.74 Å². The molecule has 3 aromatic rings. The molecule has 0 bridgehead atoms. The van der Waals surface area contributed by atoms with Gasteiger partial charge in [-0.15, -0.1) is 11.3 Å². The summed E-state index contributed by atoms with van der Waals surface area (Å²) in [6.45, 7) is 2.89. The molecule has 4 rings (SSSR count). The smallest absolute Gasteiger partial charge is 0.122 e. The number of nitrogens with zero attached hydrogens (tertiary/aromatic N) is 3. The van der Waals surface area contributed by atoms with E-state index in [0.717, 1.165) is 37.5 Å². The van der Waals surface area contributed by atoms with Crippen molar-refractivity contribution in [1.29, 1.82) is 0 Å². The quantitative estimate of drug-likeness (QED) is 0.782. The largest absolute Gasteiger partial charge is 0.489 e. The second kappa shape index (κ2) is 6.52. The summed E-state index contributed by atoms with van der Waals surface area (Å²) in [5, 5.41) is 9.44. The molecule has 0 aliphatic carbocycles. The van der Waals surface area contributed by atoms with Gasteiger partial charge in [-0.05, 0) is 30.0 Å². The van der Waals surface area contributed by atoms with E-state index in [9.17, 15) is 0 Å². The van der Waals surface area contributed by atoms with Crippen LogP contribution in [0.4, 0.5) is 0 Å². The average Bonchev–Trinajstić information content (AvgIpc) is 3.30. The fourth-order valence-corrected chi connectivity index (χ4v) is 3.71. The number of H-pyrrole nitrogens is 1. The van der Waals surface area contributed by atoms with Crippen LogP contribution in [0.15, 0.2) is 48.2 Å². The first-order valence-electron chi connectivity index (χ1n) is 7.73. The summed E-state index contributed by atoms with van der Waals surface area (Å²) in [7, 11) is 0. The first-order valence-corrected chi connectivity index (χ1v) is 8.61. The van der Waals surface area contributed by atoms with Gasteiger partial charge in [0.2, 0.25) is 0 Å². The molecule has 1 aliphatic heterocycles. The maximum absolute atomic E-state index is 6.02. The molecule has 1 atom stereocenters. The van der Waals surface area contributed by atoms with Crippen molar-refractivity contribution in [3.8, 4) is 16.3 Å². The van der Waals surface area contributed by atoms with E-state index in [1.807, 2.05) is 18.3 Å². The summed E-state index contributed by atoms with van der Waals surface area (Å²) in [5.74, 6) is 0.898. The van der Waals surface area contributed by atoms with Crippen LogP contribution >= 0.6 is 11.3 Å². The molecule has 3 aromatic heterocycles. The lowest BCUT2D eigenvalue weighted by Crippen LogP contribution is -2.24. The Balaban J connectivity index is 1.39. The highest BCUT2D eigenvalue weighted by Gasteiger charge is 2.25. The summed E-state index contributed by atoms with van der Waals surface area (Å²) in [6, 6.07) is 8.02. The van der Waals surface area contributed by atoms with Crippen molar-refractivity contribution in [3.05, 3.63) is 53.8 Å². The zero-order valence-electron chi connectivity index (χ0n) is 12.7. The van der Waals surface area contributed by atoms with Gasteiger partial charge in [0.1, 0.15) is 11.9 Å². The van der Waals surface area contributed by atoms with Crippen molar-refractivity contribution in [2.75, 3.05) is 13.1 Å². The minimum atomic E-state index is 0.245. The molecule has 1 N–H and O–H groups in total. The van der Waals surface area contributed by atoms with Gasteiger partial charge in [0.05, 0.1) is 16.8 Å². The zero-order valence-corrected chi connectivity index (χ0v) is 13.5. The van der Waals surface area contributed by atoms with Gasteiger partial charge in [0, 0.05) is 37.6 Å². The van der Waals surface area contributed by atoms with Crippen molar-refractivity contribution >= 4 is 11.3 Å². The molecule has 1 saturated heterocycles. The Kier molecular flexibility index (Phi) is 4.08. The van der Waals surface area contributed by atoms with Crippen LogP contribution in [0.25, 0.3) is 10.6 Å². The summed E-state index contributed by atoms with van der Waals surface area (Å²) in [5.41, 5.74) is 2.38. The molecular formula is C17H18N4OS. The van der Waals surface area contributed by atoms with E-state index in [1.165, 1.54) is 10.4 Å². The van der Waals surface area contributed by atoms with E-state index < -0.39 is 0 Å². The summed E-state index contributed by atoms with van der Waals surface area (Å²) in [4.78, 5) is 7.68. The van der Waals surface area contributed by atoms with Gasteiger partial charge < -0.3 is 4.74 Å². The fourth-order valence-electron chi connectivity index (χ4n) is 2.95. The summed E-state index contributed by atoms with van der Waals surface area (Å²) >= 11 is 1.73. The average molecular weight is 326 g/mol. The van der Waals surface area contributed by atoms with Crippen molar-refractivity contribution in [3.63, 3.8) is 0 Å². The Morgan fingerprint density at radius 1 is 1.30 bits per heavy atom. The van der Waals surface area contributed by atoms with Gasteiger partial charge >= 0.3 is 0 Å². The number of thiophene rings is 1. The Labute approximate surface area is 138 Å². The Morgan fingerprint density at radius 2 is 2.22 bits per heavy atom. The standard InChI is InChI=1S/C17H18N4OS/c1-2-16(23-9-1)17-13(10-19-20-17)11-21-8-5-15(12-21)22-14-3-6-18-7-4-14/h1-4,6-7,9-10,15H,5,8,11-12H2,(H,19,20)/t15-/m0/s1. The highest BCUT2D eigenvalue weighted by Crippen LogP contribution is 2.27. The molecule has 4 heterocycles. The number of aromatic amines is 1. The molecule has 0 aromatic carbocycles. The van der Waals surface area contributed by atoms with Crippen LogP contribution in [0, 0.1) is 0 Å². The first-order chi connectivity index (χ1) is 11.4. The van der Waals surface area contributed by atoms with Crippen LogP contribution < -0.4 is 4.74 Å². The Morgan fingerprint density at radius 3 is 3.04 bits per heavy atom. The number of aromatic nitrogens is 3. The first kappa shape index (κ1) is 14.4. The molecule has 6 heteroatoms. The SMILES string of the molecule is c1csc(-c2[nH]ncc2CN2CC[C@H](Oc3ccncc3)C2)c1. The summed E-state index contributed by atoms with van der Waals surface area (Å²) in [6.07, 6.45) is 6.76. The number of pyridine rings is 1. The normalized spacial score (nSPS) is 18.3. The zero-order chi connectivity index (χ0) is 15.5. The van der Waals surface area contributed by atoms with Crippen molar-refractivity contribution < 1.29 is 4.74 Å². The van der Waals surface area contributed by atoms with Crippen molar-refractivity contribution in [1.82, 2.24) is 20.1 Å². The number of nitrogens with one attached hydrogen (secondary N) is 1. The molecule has 1 aliphatic rings. The van der Waals surface area contributed by atoms with Gasteiger partial charge in [-0.3, -0.25) is 15.0 Å². The second-order valence-electron chi connectivity index (χ2n) is 5.69. The third kappa shape index (κ3) is 3.28. The maximum atomic E-state index is 6.02. The summed E-state index contributed by atoms with van der Waals surface area (Å²) < 4.78 is 6.02. The van der Waals surface area contributed by atoms with Gasteiger partial charge in [0.25, 0.3) is 0 Å². The van der Waals surface area contributed by atoms with Gasteiger partial charge in [0.15, 0.2) is 0 Å². The fraction of sp³-hybridized carbons (Fsp3) is 0.294. The second-order valence-corrected chi connectivity index (χ2v) is 6.64. The Bertz CT molecular complexity index is 741. The highest BCUT2D eigenvalue weighted by atomic mass is 32.1. The lowest BCUT2D eigenvalue weighted by Gasteiger charge is -2.16. The van der Waals surface area contributed by atoms with Crippen LogP contribution in [-0.4, -0.2) is 39.3 Å². The molecule has 0 radical (unpaired) electrons. The number of hydrogen-bond acceptors (Lipinski definition) is 5. The topological polar surface area (TPSA) is 54.0 Å². The number of hydrogen-bond donors (Lipinski definition) is 1. The lowest BCUT2D eigenvalue weighted by molar-refractivity contribution is 0.198. The third-order valence-electron chi connectivity index (χ3n) is 4.06.